The first-order valence-corrected chi connectivity index (χ1v) is 7.58. The van der Waals surface area contributed by atoms with Crippen LogP contribution in [0.4, 0.5) is 5.69 Å². The lowest BCUT2D eigenvalue weighted by atomic mass is 10.2. The predicted octanol–water partition coefficient (Wildman–Crippen LogP) is 2.84. The summed E-state index contributed by atoms with van der Waals surface area (Å²) in [5, 5.41) is 14.8. The smallest absolute Gasteiger partial charge is 0.267 e. The van der Waals surface area contributed by atoms with Crippen LogP contribution in [0.3, 0.4) is 0 Å². The van der Waals surface area contributed by atoms with Gasteiger partial charge in [0.05, 0.1) is 14.2 Å². The van der Waals surface area contributed by atoms with Crippen LogP contribution in [0.2, 0.25) is 0 Å². The Labute approximate surface area is 146 Å². The Bertz CT molecular complexity index is 792. The molecule has 2 aromatic carbocycles. The first kappa shape index (κ1) is 17.9. The molecule has 25 heavy (non-hydrogen) atoms. The van der Waals surface area contributed by atoms with Crippen LogP contribution in [0.25, 0.3) is 0 Å². The standard InChI is InChI=1S/C19H19N3O3/c1-24-17-8-6-16(7-9-17)22-19(23)15(11-20)13-21-12-14-4-3-5-18(10-14)25-2/h3-10,13,21H,12H2,1-2H3,(H,22,23)/b15-13-. The van der Waals surface area contributed by atoms with Crippen molar-refractivity contribution in [2.24, 2.45) is 0 Å². The molecule has 0 radical (unpaired) electrons. The molecule has 2 rings (SSSR count). The van der Waals surface area contributed by atoms with Gasteiger partial charge in [0.1, 0.15) is 23.1 Å². The van der Waals surface area contributed by atoms with E-state index < -0.39 is 5.91 Å². The van der Waals surface area contributed by atoms with E-state index in [1.807, 2.05) is 30.3 Å². The summed E-state index contributed by atoms with van der Waals surface area (Å²) in [6, 6.07) is 16.3. The SMILES string of the molecule is COc1ccc(NC(=O)/C(C#N)=C\NCc2cccc(OC)c2)cc1. The van der Waals surface area contributed by atoms with Crippen LogP contribution in [-0.2, 0) is 11.3 Å². The molecule has 0 aromatic heterocycles. The zero-order valence-electron chi connectivity index (χ0n) is 14.1. The van der Waals surface area contributed by atoms with Crippen LogP contribution in [-0.4, -0.2) is 20.1 Å². The minimum Gasteiger partial charge on any atom is -0.497 e. The summed E-state index contributed by atoms with van der Waals surface area (Å²) >= 11 is 0. The number of hydrogen-bond donors (Lipinski definition) is 2. The number of anilines is 1. The lowest BCUT2D eigenvalue weighted by Gasteiger charge is -2.07. The van der Waals surface area contributed by atoms with Crippen molar-refractivity contribution in [2.45, 2.75) is 6.54 Å². The van der Waals surface area contributed by atoms with E-state index in [1.54, 1.807) is 38.5 Å². The number of benzene rings is 2. The summed E-state index contributed by atoms with van der Waals surface area (Å²) in [5.74, 6) is 0.959. The molecule has 0 aliphatic heterocycles. The molecule has 0 aliphatic rings. The average molecular weight is 337 g/mol. The van der Waals surface area contributed by atoms with Gasteiger partial charge in [-0.25, -0.2) is 0 Å². The van der Waals surface area contributed by atoms with Gasteiger partial charge in [-0.2, -0.15) is 5.26 Å². The Balaban J connectivity index is 1.96. The quantitative estimate of drug-likeness (QED) is 0.599. The Morgan fingerprint density at radius 3 is 2.48 bits per heavy atom. The second-order valence-electron chi connectivity index (χ2n) is 5.08. The van der Waals surface area contributed by atoms with Crippen molar-refractivity contribution in [1.29, 1.82) is 5.26 Å². The molecular weight excluding hydrogens is 318 g/mol. The molecule has 0 spiro atoms. The Hall–Kier alpha value is -3.46. The van der Waals surface area contributed by atoms with Gasteiger partial charge in [0.25, 0.3) is 5.91 Å². The minimum atomic E-state index is -0.481. The molecule has 128 valence electrons. The van der Waals surface area contributed by atoms with Gasteiger partial charge in [0.15, 0.2) is 0 Å². The summed E-state index contributed by atoms with van der Waals surface area (Å²) in [7, 11) is 3.17. The summed E-state index contributed by atoms with van der Waals surface area (Å²) in [6.07, 6.45) is 1.40. The fraction of sp³-hybridized carbons (Fsp3) is 0.158. The molecule has 0 saturated heterocycles. The number of methoxy groups -OCH3 is 2. The zero-order chi connectivity index (χ0) is 18.1. The van der Waals surface area contributed by atoms with Gasteiger partial charge >= 0.3 is 0 Å². The number of rotatable bonds is 7. The normalized spacial score (nSPS) is 10.5. The maximum Gasteiger partial charge on any atom is 0.267 e. The second-order valence-corrected chi connectivity index (χ2v) is 5.08. The first-order valence-electron chi connectivity index (χ1n) is 7.58. The number of carbonyl (C=O) groups excluding carboxylic acids is 1. The largest absolute Gasteiger partial charge is 0.497 e. The molecule has 0 fully saturated rings. The molecule has 0 heterocycles. The molecule has 0 unspecified atom stereocenters. The van der Waals surface area contributed by atoms with Crippen LogP contribution in [0.5, 0.6) is 11.5 Å². The van der Waals surface area contributed by atoms with E-state index in [0.717, 1.165) is 11.3 Å². The average Bonchev–Trinajstić information content (AvgIpc) is 2.66. The molecule has 0 aliphatic carbocycles. The maximum atomic E-state index is 12.1. The van der Waals surface area contributed by atoms with Gasteiger partial charge in [-0.05, 0) is 42.0 Å². The highest BCUT2D eigenvalue weighted by molar-refractivity contribution is 6.06. The molecule has 2 aromatic rings. The van der Waals surface area contributed by atoms with Crippen molar-refractivity contribution in [3.8, 4) is 17.6 Å². The topological polar surface area (TPSA) is 83.4 Å². The van der Waals surface area contributed by atoms with Crippen LogP contribution in [0.15, 0.2) is 60.3 Å². The molecule has 1 amide bonds. The molecule has 0 atom stereocenters. The van der Waals surface area contributed by atoms with Crippen LogP contribution < -0.4 is 20.1 Å². The summed E-state index contributed by atoms with van der Waals surface area (Å²) in [4.78, 5) is 12.1. The fourth-order valence-corrected chi connectivity index (χ4v) is 2.07. The Morgan fingerprint density at radius 2 is 1.84 bits per heavy atom. The van der Waals surface area contributed by atoms with Gasteiger partial charge in [-0.1, -0.05) is 12.1 Å². The lowest BCUT2D eigenvalue weighted by molar-refractivity contribution is -0.112. The van der Waals surface area contributed by atoms with Crippen molar-refractivity contribution < 1.29 is 14.3 Å². The van der Waals surface area contributed by atoms with Crippen molar-refractivity contribution in [1.82, 2.24) is 5.32 Å². The number of nitrogens with zero attached hydrogens (tertiary/aromatic N) is 1. The summed E-state index contributed by atoms with van der Waals surface area (Å²) in [6.45, 7) is 0.470. The molecular formula is C19H19N3O3. The van der Waals surface area contributed by atoms with E-state index in [4.69, 9.17) is 9.47 Å². The third-order valence-electron chi connectivity index (χ3n) is 3.40. The van der Waals surface area contributed by atoms with Crippen molar-refractivity contribution in [3.05, 3.63) is 65.9 Å². The predicted molar refractivity (Wildman–Crippen MR) is 95.2 cm³/mol. The van der Waals surface area contributed by atoms with Gasteiger partial charge < -0.3 is 20.1 Å². The van der Waals surface area contributed by atoms with Gasteiger partial charge in [0, 0.05) is 18.4 Å². The van der Waals surface area contributed by atoms with Gasteiger partial charge in [0.2, 0.25) is 0 Å². The number of nitriles is 1. The monoisotopic (exact) mass is 337 g/mol. The first-order chi connectivity index (χ1) is 12.2. The number of hydrogen-bond acceptors (Lipinski definition) is 5. The molecule has 6 heteroatoms. The van der Waals surface area contributed by atoms with E-state index in [0.29, 0.717) is 18.0 Å². The Morgan fingerprint density at radius 1 is 1.12 bits per heavy atom. The fourth-order valence-electron chi connectivity index (χ4n) is 2.07. The molecule has 0 bridgehead atoms. The van der Waals surface area contributed by atoms with Crippen molar-refractivity contribution in [2.75, 3.05) is 19.5 Å². The molecule has 2 N–H and O–H groups in total. The highest BCUT2D eigenvalue weighted by Gasteiger charge is 2.09. The number of nitrogens with one attached hydrogen (secondary N) is 2. The second kappa shape index (κ2) is 8.99. The summed E-state index contributed by atoms with van der Waals surface area (Å²) in [5.41, 5.74) is 1.54. The highest BCUT2D eigenvalue weighted by atomic mass is 16.5. The van der Waals surface area contributed by atoms with E-state index >= 15 is 0 Å². The summed E-state index contributed by atoms with van der Waals surface area (Å²) < 4.78 is 10.2. The van der Waals surface area contributed by atoms with Crippen molar-refractivity contribution in [3.63, 3.8) is 0 Å². The van der Waals surface area contributed by atoms with Gasteiger partial charge in [-0.15, -0.1) is 0 Å². The van der Waals surface area contributed by atoms with Crippen LogP contribution in [0.1, 0.15) is 5.56 Å². The minimum absolute atomic E-state index is 0.0151. The van der Waals surface area contributed by atoms with E-state index in [2.05, 4.69) is 10.6 Å². The number of amides is 1. The lowest BCUT2D eigenvalue weighted by Crippen LogP contribution is -2.16. The highest BCUT2D eigenvalue weighted by Crippen LogP contribution is 2.15. The van der Waals surface area contributed by atoms with Crippen LogP contribution in [0, 0.1) is 11.3 Å². The van der Waals surface area contributed by atoms with Gasteiger partial charge in [-0.3, -0.25) is 4.79 Å². The van der Waals surface area contributed by atoms with Crippen molar-refractivity contribution >= 4 is 11.6 Å². The van der Waals surface area contributed by atoms with E-state index in [9.17, 15) is 10.1 Å². The molecule has 6 nitrogen and oxygen atoms in total. The zero-order valence-corrected chi connectivity index (χ0v) is 14.1. The van der Waals surface area contributed by atoms with E-state index in [1.165, 1.54) is 6.20 Å². The van der Waals surface area contributed by atoms with Crippen LogP contribution >= 0.6 is 0 Å². The maximum absolute atomic E-state index is 12.1. The number of ether oxygens (including phenoxy) is 2. The molecule has 0 saturated carbocycles. The Kier molecular flexibility index (Phi) is 6.43. The third-order valence-corrected chi connectivity index (χ3v) is 3.40. The number of carbonyl (C=O) groups is 1. The van der Waals surface area contributed by atoms with E-state index in [-0.39, 0.29) is 5.57 Å². The third kappa shape index (κ3) is 5.29.